The number of benzene rings is 1. The third-order valence-electron chi connectivity index (χ3n) is 3.14. The zero-order valence-corrected chi connectivity index (χ0v) is 13.1. The van der Waals surface area contributed by atoms with Gasteiger partial charge in [-0.3, -0.25) is 9.59 Å². The summed E-state index contributed by atoms with van der Waals surface area (Å²) in [6, 6.07) is 5.14. The maximum Gasteiger partial charge on any atom is 0.287 e. The fourth-order valence-electron chi connectivity index (χ4n) is 2.01. The number of hydrogen-bond acceptors (Lipinski definition) is 4. The lowest BCUT2D eigenvalue weighted by molar-refractivity contribution is -0.120. The van der Waals surface area contributed by atoms with E-state index in [9.17, 15) is 9.59 Å². The minimum absolute atomic E-state index is 0.125. The molecule has 0 aliphatic rings. The minimum atomic E-state index is -0.438. The molecule has 2 rings (SSSR count). The summed E-state index contributed by atoms with van der Waals surface area (Å²) in [7, 11) is 1.55. The van der Waals surface area contributed by atoms with Crippen molar-refractivity contribution in [3.63, 3.8) is 0 Å². The molecule has 0 saturated carbocycles. The standard InChI is InChI=1S/C15H17ClN2O4/c1-9-11-7-10(16)3-4-12(11)22-14(9)15(20)18-8-13(19)17-5-6-21-2/h3-4,7H,5-6,8H2,1-2H3,(H,17,19)(H,18,20). The summed E-state index contributed by atoms with van der Waals surface area (Å²) in [5.41, 5.74) is 1.27. The van der Waals surface area contributed by atoms with E-state index in [2.05, 4.69) is 10.6 Å². The number of rotatable bonds is 6. The van der Waals surface area contributed by atoms with E-state index in [1.54, 1.807) is 32.2 Å². The molecule has 1 aromatic heterocycles. The van der Waals surface area contributed by atoms with Crippen LogP contribution in [0.5, 0.6) is 0 Å². The Labute approximate surface area is 132 Å². The Kier molecular flexibility index (Phi) is 5.41. The van der Waals surface area contributed by atoms with Crippen molar-refractivity contribution in [2.75, 3.05) is 26.8 Å². The summed E-state index contributed by atoms with van der Waals surface area (Å²) >= 11 is 5.94. The van der Waals surface area contributed by atoms with Crippen LogP contribution in [0.25, 0.3) is 11.0 Å². The fraction of sp³-hybridized carbons (Fsp3) is 0.333. The van der Waals surface area contributed by atoms with E-state index in [1.807, 2.05) is 0 Å². The Morgan fingerprint density at radius 3 is 2.82 bits per heavy atom. The number of ether oxygens (including phenoxy) is 1. The van der Waals surface area contributed by atoms with Crippen LogP contribution in [0.4, 0.5) is 0 Å². The van der Waals surface area contributed by atoms with Gasteiger partial charge in [-0.15, -0.1) is 0 Å². The minimum Gasteiger partial charge on any atom is -0.451 e. The van der Waals surface area contributed by atoms with E-state index in [0.29, 0.717) is 29.3 Å². The first-order valence-electron chi connectivity index (χ1n) is 6.75. The molecule has 0 bridgehead atoms. The van der Waals surface area contributed by atoms with Gasteiger partial charge in [-0.1, -0.05) is 11.6 Å². The predicted molar refractivity (Wildman–Crippen MR) is 83.2 cm³/mol. The SMILES string of the molecule is COCCNC(=O)CNC(=O)c1oc2ccc(Cl)cc2c1C. The molecule has 6 nitrogen and oxygen atoms in total. The summed E-state index contributed by atoms with van der Waals surface area (Å²) in [6.07, 6.45) is 0. The van der Waals surface area contributed by atoms with E-state index < -0.39 is 5.91 Å². The third kappa shape index (κ3) is 3.78. The van der Waals surface area contributed by atoms with E-state index in [0.717, 1.165) is 5.39 Å². The van der Waals surface area contributed by atoms with E-state index in [1.165, 1.54) is 0 Å². The number of amides is 2. The zero-order chi connectivity index (χ0) is 16.1. The number of methoxy groups -OCH3 is 1. The number of carbonyl (C=O) groups is 2. The van der Waals surface area contributed by atoms with Gasteiger partial charge in [0, 0.05) is 29.6 Å². The second-order valence-electron chi connectivity index (χ2n) is 4.72. The Morgan fingerprint density at radius 1 is 1.32 bits per heavy atom. The largest absolute Gasteiger partial charge is 0.451 e. The molecule has 0 aliphatic carbocycles. The highest BCUT2D eigenvalue weighted by molar-refractivity contribution is 6.31. The lowest BCUT2D eigenvalue weighted by Gasteiger charge is -2.05. The molecule has 0 radical (unpaired) electrons. The maximum absolute atomic E-state index is 12.1. The number of nitrogens with one attached hydrogen (secondary N) is 2. The van der Waals surface area contributed by atoms with E-state index in [-0.39, 0.29) is 18.2 Å². The van der Waals surface area contributed by atoms with Crippen molar-refractivity contribution in [2.45, 2.75) is 6.92 Å². The Bertz CT molecular complexity index is 696. The van der Waals surface area contributed by atoms with Crippen molar-refractivity contribution >= 4 is 34.4 Å². The molecule has 0 aliphatic heterocycles. The van der Waals surface area contributed by atoms with Crippen LogP contribution >= 0.6 is 11.6 Å². The summed E-state index contributed by atoms with van der Waals surface area (Å²) in [5.74, 6) is -0.545. The Hall–Kier alpha value is -2.05. The molecular weight excluding hydrogens is 308 g/mol. The summed E-state index contributed by atoms with van der Waals surface area (Å²) in [4.78, 5) is 23.6. The van der Waals surface area contributed by atoms with Gasteiger partial charge in [0.1, 0.15) is 5.58 Å². The molecule has 0 unspecified atom stereocenters. The number of furan rings is 1. The Morgan fingerprint density at radius 2 is 2.09 bits per heavy atom. The Balaban J connectivity index is 2.01. The van der Waals surface area contributed by atoms with Gasteiger partial charge in [0.05, 0.1) is 13.2 Å². The van der Waals surface area contributed by atoms with Crippen molar-refractivity contribution in [1.82, 2.24) is 10.6 Å². The van der Waals surface area contributed by atoms with Gasteiger partial charge >= 0.3 is 0 Å². The molecule has 2 aromatic rings. The van der Waals surface area contributed by atoms with Crippen LogP contribution in [0.15, 0.2) is 22.6 Å². The van der Waals surface area contributed by atoms with Gasteiger partial charge in [-0.25, -0.2) is 0 Å². The smallest absolute Gasteiger partial charge is 0.287 e. The molecule has 1 aromatic carbocycles. The number of carbonyl (C=O) groups excluding carboxylic acids is 2. The lowest BCUT2D eigenvalue weighted by atomic mass is 10.1. The van der Waals surface area contributed by atoms with Crippen molar-refractivity contribution in [2.24, 2.45) is 0 Å². The molecule has 0 atom stereocenters. The maximum atomic E-state index is 12.1. The number of hydrogen-bond donors (Lipinski definition) is 2. The predicted octanol–water partition coefficient (Wildman–Crippen LogP) is 1.89. The first-order chi connectivity index (χ1) is 10.5. The highest BCUT2D eigenvalue weighted by atomic mass is 35.5. The fourth-order valence-corrected chi connectivity index (χ4v) is 2.18. The average molecular weight is 325 g/mol. The number of aryl methyl sites for hydroxylation is 1. The molecule has 118 valence electrons. The second-order valence-corrected chi connectivity index (χ2v) is 5.16. The van der Waals surface area contributed by atoms with Crippen LogP contribution in [0.1, 0.15) is 16.1 Å². The zero-order valence-electron chi connectivity index (χ0n) is 12.4. The first kappa shape index (κ1) is 16.3. The molecular formula is C15H17ClN2O4. The van der Waals surface area contributed by atoms with Crippen LogP contribution in [0.2, 0.25) is 5.02 Å². The van der Waals surface area contributed by atoms with Crippen molar-refractivity contribution in [1.29, 1.82) is 0 Å². The van der Waals surface area contributed by atoms with Crippen LogP contribution in [0.3, 0.4) is 0 Å². The van der Waals surface area contributed by atoms with Gasteiger partial charge in [0.25, 0.3) is 5.91 Å². The lowest BCUT2D eigenvalue weighted by Crippen LogP contribution is -2.38. The van der Waals surface area contributed by atoms with Gasteiger partial charge < -0.3 is 19.8 Å². The molecule has 7 heteroatoms. The highest BCUT2D eigenvalue weighted by Gasteiger charge is 2.18. The van der Waals surface area contributed by atoms with Crippen LogP contribution in [0, 0.1) is 6.92 Å². The molecule has 2 N–H and O–H groups in total. The molecule has 22 heavy (non-hydrogen) atoms. The van der Waals surface area contributed by atoms with Crippen LogP contribution < -0.4 is 10.6 Å². The number of fused-ring (bicyclic) bond motifs is 1. The molecule has 2 amide bonds. The molecule has 1 heterocycles. The topological polar surface area (TPSA) is 80.6 Å². The quantitative estimate of drug-likeness (QED) is 0.795. The van der Waals surface area contributed by atoms with Gasteiger partial charge in [-0.05, 0) is 25.1 Å². The first-order valence-corrected chi connectivity index (χ1v) is 7.13. The highest BCUT2D eigenvalue weighted by Crippen LogP contribution is 2.27. The third-order valence-corrected chi connectivity index (χ3v) is 3.38. The van der Waals surface area contributed by atoms with Crippen LogP contribution in [-0.2, 0) is 9.53 Å². The van der Waals surface area contributed by atoms with Gasteiger partial charge in [-0.2, -0.15) is 0 Å². The monoisotopic (exact) mass is 324 g/mol. The summed E-state index contributed by atoms with van der Waals surface area (Å²) < 4.78 is 10.3. The average Bonchev–Trinajstić information content (AvgIpc) is 2.82. The summed E-state index contributed by atoms with van der Waals surface area (Å²) in [6.45, 7) is 2.46. The van der Waals surface area contributed by atoms with E-state index in [4.69, 9.17) is 20.8 Å². The van der Waals surface area contributed by atoms with Crippen molar-refractivity contribution in [3.8, 4) is 0 Å². The normalized spacial score (nSPS) is 10.7. The van der Waals surface area contributed by atoms with Gasteiger partial charge in [0.2, 0.25) is 5.91 Å². The number of halogens is 1. The van der Waals surface area contributed by atoms with E-state index >= 15 is 0 Å². The van der Waals surface area contributed by atoms with Crippen molar-refractivity contribution < 1.29 is 18.7 Å². The van der Waals surface area contributed by atoms with Gasteiger partial charge in [0.15, 0.2) is 5.76 Å². The molecule has 0 spiro atoms. The molecule has 0 fully saturated rings. The second kappa shape index (κ2) is 7.29. The van der Waals surface area contributed by atoms with Crippen LogP contribution in [-0.4, -0.2) is 38.6 Å². The summed E-state index contributed by atoms with van der Waals surface area (Å²) in [5, 5.41) is 6.49. The molecule has 0 saturated heterocycles. The van der Waals surface area contributed by atoms with Crippen molar-refractivity contribution in [3.05, 3.63) is 34.5 Å².